The Morgan fingerprint density at radius 1 is 1.21 bits per heavy atom. The topological polar surface area (TPSA) is 89.0 Å². The fraction of sp³-hybridized carbons (Fsp3) is 0.409. The quantitative estimate of drug-likeness (QED) is 0.849. The number of carbonyl (C=O) groups excluding carboxylic acids is 1. The molecular weight excluding hydrogens is 372 g/mol. The predicted octanol–water partition coefficient (Wildman–Crippen LogP) is 3.38. The van der Waals surface area contributed by atoms with Crippen molar-refractivity contribution in [3.05, 3.63) is 54.4 Å². The molecule has 2 heterocycles. The Balaban J connectivity index is 1.83. The first-order valence-corrected chi connectivity index (χ1v) is 9.53. The zero-order valence-electron chi connectivity index (χ0n) is 16.9. The highest BCUT2D eigenvalue weighted by atomic mass is 16.6. The van der Waals surface area contributed by atoms with Crippen molar-refractivity contribution >= 4 is 12.1 Å². The molecule has 0 radical (unpaired) electrons. The minimum absolute atomic E-state index is 0.0727. The molecule has 0 unspecified atom stereocenters. The van der Waals surface area contributed by atoms with Crippen LogP contribution >= 0.6 is 0 Å². The van der Waals surface area contributed by atoms with Gasteiger partial charge in [0.1, 0.15) is 5.60 Å². The zero-order valence-corrected chi connectivity index (χ0v) is 16.9. The molecule has 0 aliphatic carbocycles. The van der Waals surface area contributed by atoms with Crippen LogP contribution in [0.4, 0.5) is 4.79 Å². The van der Waals surface area contributed by atoms with Crippen LogP contribution in [-0.2, 0) is 20.7 Å². The lowest BCUT2D eigenvalue weighted by Crippen LogP contribution is -2.59. The van der Waals surface area contributed by atoms with Crippen LogP contribution in [0.15, 0.2) is 48.8 Å². The summed E-state index contributed by atoms with van der Waals surface area (Å²) in [5, 5.41) is 9.96. The number of hydrogen-bond donors (Lipinski definition) is 1. The lowest BCUT2D eigenvalue weighted by molar-refractivity contribution is -0.176. The fourth-order valence-electron chi connectivity index (χ4n) is 3.31. The van der Waals surface area contributed by atoms with E-state index in [2.05, 4.69) is 4.98 Å². The van der Waals surface area contributed by atoms with Gasteiger partial charge in [0.05, 0.1) is 13.2 Å². The van der Waals surface area contributed by atoms with Crippen molar-refractivity contribution in [1.82, 2.24) is 9.88 Å². The number of ether oxygens (including phenoxy) is 2. The Labute approximate surface area is 170 Å². The van der Waals surface area contributed by atoms with E-state index in [-0.39, 0.29) is 19.6 Å². The van der Waals surface area contributed by atoms with Gasteiger partial charge < -0.3 is 19.5 Å². The first-order valence-electron chi connectivity index (χ1n) is 9.53. The van der Waals surface area contributed by atoms with Crippen molar-refractivity contribution < 1.29 is 24.2 Å². The predicted molar refractivity (Wildman–Crippen MR) is 108 cm³/mol. The van der Waals surface area contributed by atoms with E-state index in [0.717, 1.165) is 16.7 Å². The molecule has 29 heavy (non-hydrogen) atoms. The van der Waals surface area contributed by atoms with E-state index in [1.54, 1.807) is 33.2 Å². The number of aliphatic carboxylic acids is 1. The van der Waals surface area contributed by atoms with E-state index in [9.17, 15) is 14.7 Å². The van der Waals surface area contributed by atoms with Crippen LogP contribution in [-0.4, -0.2) is 58.0 Å². The van der Waals surface area contributed by atoms with E-state index in [0.29, 0.717) is 6.54 Å². The van der Waals surface area contributed by atoms with Gasteiger partial charge in [-0.2, -0.15) is 0 Å². The molecule has 1 amide bonds. The van der Waals surface area contributed by atoms with Crippen LogP contribution in [0, 0.1) is 0 Å². The highest BCUT2D eigenvalue weighted by Gasteiger charge is 2.46. The number of pyridine rings is 1. The molecule has 1 aliphatic rings. The van der Waals surface area contributed by atoms with Crippen molar-refractivity contribution in [2.24, 2.45) is 0 Å². The summed E-state index contributed by atoms with van der Waals surface area (Å²) in [4.78, 5) is 30.1. The molecule has 1 aromatic heterocycles. The normalized spacial score (nSPS) is 19.6. The number of nitrogens with zero attached hydrogens (tertiary/aromatic N) is 2. The number of rotatable bonds is 4. The molecule has 1 atom stereocenters. The van der Waals surface area contributed by atoms with E-state index < -0.39 is 23.3 Å². The molecule has 0 saturated carbocycles. The summed E-state index contributed by atoms with van der Waals surface area (Å²) in [6, 6.07) is 11.4. The van der Waals surface area contributed by atoms with Gasteiger partial charge in [-0.1, -0.05) is 24.3 Å². The van der Waals surface area contributed by atoms with Crippen molar-refractivity contribution in [2.45, 2.75) is 38.4 Å². The third-order valence-electron chi connectivity index (χ3n) is 4.66. The van der Waals surface area contributed by atoms with Gasteiger partial charge in [0.25, 0.3) is 0 Å². The average molecular weight is 398 g/mol. The van der Waals surface area contributed by atoms with E-state index in [4.69, 9.17) is 9.47 Å². The van der Waals surface area contributed by atoms with Crippen LogP contribution in [0.3, 0.4) is 0 Å². The van der Waals surface area contributed by atoms with Crippen molar-refractivity contribution in [3.8, 4) is 11.1 Å². The number of carboxylic acids is 1. The SMILES string of the molecule is CC(C)(C)OC(=O)N1CCO[C@](Cc2cccc(-c3ccncc3)c2)(C(=O)O)C1. The first-order chi connectivity index (χ1) is 13.7. The van der Waals surface area contributed by atoms with E-state index in [1.165, 1.54) is 4.90 Å². The molecule has 3 rings (SSSR count). The van der Waals surface area contributed by atoms with Gasteiger partial charge in [0.2, 0.25) is 0 Å². The van der Waals surface area contributed by atoms with Crippen molar-refractivity contribution in [3.63, 3.8) is 0 Å². The van der Waals surface area contributed by atoms with Crippen molar-refractivity contribution in [1.29, 1.82) is 0 Å². The molecule has 2 aromatic rings. The lowest BCUT2D eigenvalue weighted by atomic mass is 9.91. The molecule has 154 valence electrons. The summed E-state index contributed by atoms with van der Waals surface area (Å²) in [6.45, 7) is 5.69. The standard InChI is InChI=1S/C22H26N2O5/c1-21(2,3)29-20(27)24-11-12-28-22(15-24,19(25)26)14-16-5-4-6-18(13-16)17-7-9-23-10-8-17/h4-10,13H,11-12,14-15H2,1-3H3,(H,25,26)/t22-/m0/s1. The van der Waals surface area contributed by atoms with Gasteiger partial charge in [-0.05, 0) is 49.6 Å². The lowest BCUT2D eigenvalue weighted by Gasteiger charge is -2.40. The third-order valence-corrected chi connectivity index (χ3v) is 4.66. The number of carboxylic acid groups (broad SMARTS) is 1. The van der Waals surface area contributed by atoms with E-state index in [1.807, 2.05) is 36.4 Å². The molecule has 1 saturated heterocycles. The highest BCUT2D eigenvalue weighted by molar-refractivity contribution is 5.80. The Bertz CT molecular complexity index is 878. The minimum Gasteiger partial charge on any atom is -0.479 e. The van der Waals surface area contributed by atoms with Crippen LogP contribution < -0.4 is 0 Å². The molecular formula is C22H26N2O5. The second kappa shape index (κ2) is 8.21. The number of aromatic nitrogens is 1. The summed E-state index contributed by atoms with van der Waals surface area (Å²) < 4.78 is 11.1. The summed E-state index contributed by atoms with van der Waals surface area (Å²) in [5.74, 6) is -1.10. The minimum atomic E-state index is -1.52. The summed E-state index contributed by atoms with van der Waals surface area (Å²) in [5.41, 5.74) is 0.593. The molecule has 0 bridgehead atoms. The molecule has 1 N–H and O–H groups in total. The Hall–Kier alpha value is -2.93. The Kier molecular flexibility index (Phi) is 5.88. The summed E-state index contributed by atoms with van der Waals surface area (Å²) in [6.07, 6.45) is 3.03. The fourth-order valence-corrected chi connectivity index (χ4v) is 3.31. The maximum atomic E-state index is 12.5. The van der Waals surface area contributed by atoms with Gasteiger partial charge in [0, 0.05) is 25.4 Å². The average Bonchev–Trinajstić information content (AvgIpc) is 2.68. The van der Waals surface area contributed by atoms with Crippen LogP contribution in [0.1, 0.15) is 26.3 Å². The Morgan fingerprint density at radius 2 is 1.93 bits per heavy atom. The maximum absolute atomic E-state index is 12.5. The van der Waals surface area contributed by atoms with Gasteiger partial charge in [-0.25, -0.2) is 9.59 Å². The Morgan fingerprint density at radius 3 is 2.59 bits per heavy atom. The largest absolute Gasteiger partial charge is 0.479 e. The molecule has 1 aromatic carbocycles. The van der Waals surface area contributed by atoms with Gasteiger partial charge in [0.15, 0.2) is 5.60 Å². The molecule has 1 fully saturated rings. The smallest absolute Gasteiger partial charge is 0.410 e. The zero-order chi connectivity index (χ0) is 21.1. The first kappa shape index (κ1) is 20.8. The molecule has 7 nitrogen and oxygen atoms in total. The van der Waals surface area contributed by atoms with Crippen LogP contribution in [0.2, 0.25) is 0 Å². The van der Waals surface area contributed by atoms with Gasteiger partial charge >= 0.3 is 12.1 Å². The molecule has 1 aliphatic heterocycles. The molecule has 7 heteroatoms. The molecule has 0 spiro atoms. The van der Waals surface area contributed by atoms with E-state index >= 15 is 0 Å². The summed E-state index contributed by atoms with van der Waals surface area (Å²) >= 11 is 0. The van der Waals surface area contributed by atoms with Gasteiger partial charge in [-0.15, -0.1) is 0 Å². The van der Waals surface area contributed by atoms with Crippen LogP contribution in [0.5, 0.6) is 0 Å². The maximum Gasteiger partial charge on any atom is 0.410 e. The number of morpholine rings is 1. The number of benzene rings is 1. The second-order valence-electron chi connectivity index (χ2n) is 8.16. The summed E-state index contributed by atoms with van der Waals surface area (Å²) in [7, 11) is 0. The van der Waals surface area contributed by atoms with Crippen LogP contribution in [0.25, 0.3) is 11.1 Å². The van der Waals surface area contributed by atoms with Gasteiger partial charge in [-0.3, -0.25) is 4.98 Å². The number of hydrogen-bond acceptors (Lipinski definition) is 5. The monoisotopic (exact) mass is 398 g/mol. The van der Waals surface area contributed by atoms with Crippen molar-refractivity contribution in [2.75, 3.05) is 19.7 Å². The third kappa shape index (κ3) is 5.12. The number of carbonyl (C=O) groups is 2. The second-order valence-corrected chi connectivity index (χ2v) is 8.16. The number of amides is 1. The highest BCUT2D eigenvalue weighted by Crippen LogP contribution is 2.27.